The predicted octanol–water partition coefficient (Wildman–Crippen LogP) is 3.70. The van der Waals surface area contributed by atoms with Gasteiger partial charge in [-0.15, -0.1) is 11.3 Å². The van der Waals surface area contributed by atoms with Crippen LogP contribution in [0.15, 0.2) is 35.8 Å². The first-order chi connectivity index (χ1) is 10.8. The van der Waals surface area contributed by atoms with Crippen molar-refractivity contribution in [3.63, 3.8) is 0 Å². The van der Waals surface area contributed by atoms with Gasteiger partial charge < -0.3 is 10.2 Å². The second-order valence-corrected chi connectivity index (χ2v) is 6.64. The van der Waals surface area contributed by atoms with Crippen molar-refractivity contribution in [3.05, 3.63) is 40.7 Å². The lowest BCUT2D eigenvalue weighted by Crippen LogP contribution is -2.24. The molecule has 22 heavy (non-hydrogen) atoms. The highest BCUT2D eigenvalue weighted by atomic mass is 32.1. The Balaban J connectivity index is 1.57. The molecule has 5 heteroatoms. The summed E-state index contributed by atoms with van der Waals surface area (Å²) in [5.41, 5.74) is 0.764. The normalized spacial score (nSPS) is 15.4. The van der Waals surface area contributed by atoms with Gasteiger partial charge in [-0.3, -0.25) is 4.79 Å². The van der Waals surface area contributed by atoms with Crippen LogP contribution >= 0.6 is 11.3 Å². The third-order valence-corrected chi connectivity index (χ3v) is 4.75. The molecule has 1 fully saturated rings. The maximum absolute atomic E-state index is 12.0. The topological polar surface area (TPSA) is 45.2 Å². The van der Waals surface area contributed by atoms with Crippen molar-refractivity contribution < 1.29 is 4.79 Å². The summed E-state index contributed by atoms with van der Waals surface area (Å²) in [5.74, 6) is 1.02. The fourth-order valence-electron chi connectivity index (χ4n) is 2.72. The molecule has 0 aromatic carbocycles. The van der Waals surface area contributed by atoms with Gasteiger partial charge in [0.15, 0.2) is 0 Å². The van der Waals surface area contributed by atoms with Gasteiger partial charge in [-0.2, -0.15) is 0 Å². The van der Waals surface area contributed by atoms with Gasteiger partial charge in [0.2, 0.25) is 5.91 Å². The van der Waals surface area contributed by atoms with E-state index in [9.17, 15) is 4.79 Å². The first-order valence-corrected chi connectivity index (χ1v) is 8.72. The van der Waals surface area contributed by atoms with Crippen LogP contribution in [0.3, 0.4) is 0 Å². The lowest BCUT2D eigenvalue weighted by atomic mass is 10.2. The maximum atomic E-state index is 12.0. The van der Waals surface area contributed by atoms with E-state index in [-0.39, 0.29) is 5.91 Å². The minimum absolute atomic E-state index is 0.00627. The number of nitrogens with one attached hydrogen (secondary N) is 1. The van der Waals surface area contributed by atoms with Crippen molar-refractivity contribution in [1.29, 1.82) is 0 Å². The van der Waals surface area contributed by atoms with E-state index in [1.165, 1.54) is 25.7 Å². The molecular formula is C17H21N3OS. The Hall–Kier alpha value is -1.88. The molecule has 4 nitrogen and oxygen atoms in total. The molecule has 0 unspecified atom stereocenters. The minimum atomic E-state index is 0.00627. The Morgan fingerprint density at radius 2 is 2.00 bits per heavy atom. The third-order valence-electron chi connectivity index (χ3n) is 3.88. The Morgan fingerprint density at radius 3 is 2.64 bits per heavy atom. The number of pyridine rings is 1. The van der Waals surface area contributed by atoms with E-state index in [2.05, 4.69) is 15.2 Å². The SMILES string of the molecule is O=C(Cc1cccs1)Nc1ccc(N2CCCCCC2)nc1. The standard InChI is InChI=1S/C17H21N3OS/c21-17(12-15-6-5-11-22-15)19-14-7-8-16(18-13-14)20-9-3-1-2-4-10-20/h5-8,11,13H,1-4,9-10,12H2,(H,19,21). The molecule has 1 saturated heterocycles. The Labute approximate surface area is 135 Å². The molecule has 116 valence electrons. The molecule has 0 spiro atoms. The number of carbonyl (C=O) groups excluding carboxylic acids is 1. The van der Waals surface area contributed by atoms with Crippen LogP contribution in [-0.2, 0) is 11.2 Å². The molecule has 0 radical (unpaired) electrons. The Kier molecular flexibility index (Phi) is 5.06. The average Bonchev–Trinajstić information content (AvgIpc) is 2.87. The Bertz CT molecular complexity index is 587. The van der Waals surface area contributed by atoms with Crippen LogP contribution in [0.2, 0.25) is 0 Å². The predicted molar refractivity (Wildman–Crippen MR) is 91.6 cm³/mol. The van der Waals surface area contributed by atoms with Crippen molar-refractivity contribution >= 4 is 28.7 Å². The van der Waals surface area contributed by atoms with E-state index >= 15 is 0 Å². The lowest BCUT2D eigenvalue weighted by Gasteiger charge is -2.21. The van der Waals surface area contributed by atoms with Crippen molar-refractivity contribution in [3.8, 4) is 0 Å². The largest absolute Gasteiger partial charge is 0.357 e. The molecule has 2 aromatic heterocycles. The smallest absolute Gasteiger partial charge is 0.229 e. The molecule has 0 saturated carbocycles. The number of anilines is 2. The number of carbonyl (C=O) groups is 1. The molecule has 1 amide bonds. The maximum Gasteiger partial charge on any atom is 0.229 e. The summed E-state index contributed by atoms with van der Waals surface area (Å²) < 4.78 is 0. The molecule has 0 bridgehead atoms. The highest BCUT2D eigenvalue weighted by Gasteiger charge is 2.11. The zero-order valence-electron chi connectivity index (χ0n) is 12.6. The van der Waals surface area contributed by atoms with Gasteiger partial charge >= 0.3 is 0 Å². The quantitative estimate of drug-likeness (QED) is 0.935. The number of aromatic nitrogens is 1. The summed E-state index contributed by atoms with van der Waals surface area (Å²) in [4.78, 5) is 19.9. The van der Waals surface area contributed by atoms with E-state index in [4.69, 9.17) is 0 Å². The number of thiophene rings is 1. The summed E-state index contributed by atoms with van der Waals surface area (Å²) in [6, 6.07) is 7.89. The molecule has 0 aliphatic carbocycles. The fourth-order valence-corrected chi connectivity index (χ4v) is 3.43. The van der Waals surface area contributed by atoms with Crippen molar-refractivity contribution in [1.82, 2.24) is 4.98 Å². The van der Waals surface area contributed by atoms with Gasteiger partial charge in [0, 0.05) is 18.0 Å². The second-order valence-electron chi connectivity index (χ2n) is 5.61. The van der Waals surface area contributed by atoms with Gasteiger partial charge in [-0.05, 0) is 36.4 Å². The van der Waals surface area contributed by atoms with Gasteiger partial charge in [0.05, 0.1) is 18.3 Å². The number of nitrogens with zero attached hydrogens (tertiary/aromatic N) is 2. The van der Waals surface area contributed by atoms with Crippen LogP contribution in [0.5, 0.6) is 0 Å². The van der Waals surface area contributed by atoms with Gasteiger partial charge in [0.25, 0.3) is 0 Å². The van der Waals surface area contributed by atoms with E-state index in [0.29, 0.717) is 6.42 Å². The second kappa shape index (κ2) is 7.40. The highest BCUT2D eigenvalue weighted by Crippen LogP contribution is 2.19. The average molecular weight is 315 g/mol. The van der Waals surface area contributed by atoms with Crippen LogP contribution in [0.1, 0.15) is 30.6 Å². The molecule has 1 N–H and O–H groups in total. The van der Waals surface area contributed by atoms with Crippen molar-refractivity contribution in [2.24, 2.45) is 0 Å². The molecule has 3 heterocycles. The van der Waals surface area contributed by atoms with Crippen LogP contribution in [0.25, 0.3) is 0 Å². The summed E-state index contributed by atoms with van der Waals surface area (Å²) in [6.07, 6.45) is 7.28. The van der Waals surface area contributed by atoms with Gasteiger partial charge in [-0.25, -0.2) is 4.98 Å². The molecule has 3 rings (SSSR count). The zero-order valence-corrected chi connectivity index (χ0v) is 13.4. The van der Waals surface area contributed by atoms with Crippen LogP contribution in [0.4, 0.5) is 11.5 Å². The molecular weight excluding hydrogens is 294 g/mol. The van der Waals surface area contributed by atoms with Crippen LogP contribution in [-0.4, -0.2) is 24.0 Å². The third kappa shape index (κ3) is 4.07. The summed E-state index contributed by atoms with van der Waals surface area (Å²) in [7, 11) is 0. The van der Waals surface area contributed by atoms with E-state index in [1.54, 1.807) is 17.5 Å². The van der Waals surface area contributed by atoms with E-state index < -0.39 is 0 Å². The number of rotatable bonds is 4. The zero-order chi connectivity index (χ0) is 15.2. The van der Waals surface area contributed by atoms with Gasteiger partial charge in [-0.1, -0.05) is 18.9 Å². The molecule has 2 aromatic rings. The molecule has 1 aliphatic heterocycles. The van der Waals surface area contributed by atoms with E-state index in [1.807, 2.05) is 29.6 Å². The number of amides is 1. The number of hydrogen-bond acceptors (Lipinski definition) is 4. The fraction of sp³-hybridized carbons (Fsp3) is 0.412. The summed E-state index contributed by atoms with van der Waals surface area (Å²) >= 11 is 1.60. The van der Waals surface area contributed by atoms with Gasteiger partial charge in [0.1, 0.15) is 5.82 Å². The Morgan fingerprint density at radius 1 is 1.18 bits per heavy atom. The van der Waals surface area contributed by atoms with Crippen LogP contribution in [0, 0.1) is 0 Å². The van der Waals surface area contributed by atoms with E-state index in [0.717, 1.165) is 29.5 Å². The van der Waals surface area contributed by atoms with Crippen molar-refractivity contribution in [2.45, 2.75) is 32.1 Å². The summed E-state index contributed by atoms with van der Waals surface area (Å²) in [6.45, 7) is 2.16. The monoisotopic (exact) mass is 315 g/mol. The first kappa shape index (κ1) is 15.0. The summed E-state index contributed by atoms with van der Waals surface area (Å²) in [5, 5.41) is 4.90. The lowest BCUT2D eigenvalue weighted by molar-refractivity contribution is -0.115. The van der Waals surface area contributed by atoms with Crippen molar-refractivity contribution in [2.75, 3.05) is 23.3 Å². The minimum Gasteiger partial charge on any atom is -0.357 e. The highest BCUT2D eigenvalue weighted by molar-refractivity contribution is 7.10. The van der Waals surface area contributed by atoms with Crippen LogP contribution < -0.4 is 10.2 Å². The molecule has 0 atom stereocenters. The first-order valence-electron chi connectivity index (χ1n) is 7.84. The molecule has 1 aliphatic rings. The number of hydrogen-bond donors (Lipinski definition) is 1.